The Morgan fingerprint density at radius 3 is 2.63 bits per heavy atom. The largest absolute Gasteiger partial charge is 0.384 e. The van der Waals surface area contributed by atoms with Gasteiger partial charge in [-0.2, -0.15) is 0 Å². The molecule has 0 saturated carbocycles. The summed E-state index contributed by atoms with van der Waals surface area (Å²) in [4.78, 5) is 16.8. The molecule has 2 N–H and O–H groups in total. The molecule has 3 rings (SSSR count). The highest BCUT2D eigenvalue weighted by Crippen LogP contribution is 2.19. The molecule has 0 aliphatic rings. The summed E-state index contributed by atoms with van der Waals surface area (Å²) in [6.07, 6.45) is 5.38. The predicted octanol–water partition coefficient (Wildman–Crippen LogP) is 5.00. The molecule has 138 valence electrons. The smallest absolute Gasteiger partial charge is 0.257 e. The van der Waals surface area contributed by atoms with Gasteiger partial charge in [0.15, 0.2) is 0 Å². The number of aryl methyl sites for hydroxylation is 2. The van der Waals surface area contributed by atoms with Crippen molar-refractivity contribution in [2.75, 3.05) is 17.2 Å². The van der Waals surface area contributed by atoms with Crippen LogP contribution in [-0.4, -0.2) is 17.4 Å². The van der Waals surface area contributed by atoms with Crippen molar-refractivity contribution in [2.45, 2.75) is 26.7 Å². The zero-order chi connectivity index (χ0) is 19.1. The van der Waals surface area contributed by atoms with E-state index in [2.05, 4.69) is 39.9 Å². The summed E-state index contributed by atoms with van der Waals surface area (Å²) in [5.74, 6) is -0.149. The van der Waals surface area contributed by atoms with Gasteiger partial charge in [0.05, 0.1) is 11.3 Å². The van der Waals surface area contributed by atoms with Gasteiger partial charge in [0.25, 0.3) is 5.91 Å². The second-order valence-electron chi connectivity index (χ2n) is 6.68. The Morgan fingerprint density at radius 2 is 1.81 bits per heavy atom. The van der Waals surface area contributed by atoms with Crippen LogP contribution in [0.3, 0.4) is 0 Å². The van der Waals surface area contributed by atoms with Crippen LogP contribution in [0.1, 0.15) is 33.5 Å². The van der Waals surface area contributed by atoms with Crippen molar-refractivity contribution in [1.29, 1.82) is 0 Å². The van der Waals surface area contributed by atoms with Crippen molar-refractivity contribution in [1.82, 2.24) is 4.98 Å². The minimum Gasteiger partial charge on any atom is -0.384 e. The molecule has 1 heterocycles. The van der Waals surface area contributed by atoms with E-state index in [4.69, 9.17) is 0 Å². The fourth-order valence-corrected chi connectivity index (χ4v) is 2.91. The van der Waals surface area contributed by atoms with E-state index in [0.29, 0.717) is 5.56 Å². The van der Waals surface area contributed by atoms with Gasteiger partial charge in [-0.25, -0.2) is 0 Å². The Labute approximate surface area is 160 Å². The van der Waals surface area contributed by atoms with Gasteiger partial charge < -0.3 is 10.6 Å². The average molecular weight is 359 g/mol. The van der Waals surface area contributed by atoms with E-state index >= 15 is 0 Å². The van der Waals surface area contributed by atoms with E-state index in [9.17, 15) is 4.79 Å². The third-order valence-electron chi connectivity index (χ3n) is 4.67. The van der Waals surface area contributed by atoms with E-state index in [-0.39, 0.29) is 5.91 Å². The zero-order valence-corrected chi connectivity index (χ0v) is 15.8. The SMILES string of the molecule is Cc1cccc(NC(=O)c2cncc(NCCCc3ccccc3)c2)c1C. The van der Waals surface area contributed by atoms with Gasteiger partial charge in [-0.15, -0.1) is 0 Å². The van der Waals surface area contributed by atoms with Crippen LogP contribution in [0.5, 0.6) is 0 Å². The van der Waals surface area contributed by atoms with Crippen LogP contribution in [0.2, 0.25) is 0 Å². The van der Waals surface area contributed by atoms with E-state index in [1.165, 1.54) is 5.56 Å². The highest BCUT2D eigenvalue weighted by atomic mass is 16.1. The number of anilines is 2. The number of aromatic nitrogens is 1. The zero-order valence-electron chi connectivity index (χ0n) is 15.8. The van der Waals surface area contributed by atoms with Crippen LogP contribution in [-0.2, 0) is 6.42 Å². The van der Waals surface area contributed by atoms with Gasteiger partial charge in [0.2, 0.25) is 0 Å². The summed E-state index contributed by atoms with van der Waals surface area (Å²) in [6, 6.07) is 18.2. The molecular weight excluding hydrogens is 334 g/mol. The predicted molar refractivity (Wildman–Crippen MR) is 111 cm³/mol. The number of nitrogens with zero attached hydrogens (tertiary/aromatic N) is 1. The molecule has 0 saturated heterocycles. The number of carbonyl (C=O) groups excluding carboxylic acids is 1. The molecule has 0 radical (unpaired) electrons. The molecule has 0 atom stereocenters. The first-order valence-electron chi connectivity index (χ1n) is 9.24. The van der Waals surface area contributed by atoms with E-state index < -0.39 is 0 Å². The van der Waals surface area contributed by atoms with Crippen LogP contribution in [0, 0.1) is 13.8 Å². The molecule has 1 amide bonds. The lowest BCUT2D eigenvalue weighted by Crippen LogP contribution is -2.14. The lowest BCUT2D eigenvalue weighted by molar-refractivity contribution is 0.102. The fourth-order valence-electron chi connectivity index (χ4n) is 2.91. The molecule has 4 nitrogen and oxygen atoms in total. The second kappa shape index (κ2) is 8.99. The lowest BCUT2D eigenvalue weighted by Gasteiger charge is -2.11. The summed E-state index contributed by atoms with van der Waals surface area (Å²) in [5.41, 5.74) is 5.80. The Hall–Kier alpha value is -3.14. The number of benzene rings is 2. The number of amides is 1. The molecule has 0 aliphatic carbocycles. The maximum atomic E-state index is 12.6. The van der Waals surface area contributed by atoms with Crippen molar-refractivity contribution in [3.63, 3.8) is 0 Å². The van der Waals surface area contributed by atoms with Crippen LogP contribution < -0.4 is 10.6 Å². The Balaban J connectivity index is 1.56. The fraction of sp³-hybridized carbons (Fsp3) is 0.217. The maximum Gasteiger partial charge on any atom is 0.257 e. The first-order valence-corrected chi connectivity index (χ1v) is 9.24. The monoisotopic (exact) mass is 359 g/mol. The molecule has 4 heteroatoms. The second-order valence-corrected chi connectivity index (χ2v) is 6.68. The summed E-state index contributed by atoms with van der Waals surface area (Å²) in [5, 5.41) is 6.33. The minimum absolute atomic E-state index is 0.149. The number of pyridine rings is 1. The van der Waals surface area contributed by atoms with Crippen molar-refractivity contribution < 1.29 is 4.79 Å². The maximum absolute atomic E-state index is 12.6. The standard InChI is InChI=1S/C23H25N3O/c1-17-8-6-12-22(18(17)2)26-23(27)20-14-21(16-24-15-20)25-13-7-11-19-9-4-3-5-10-19/h3-6,8-10,12,14-16,25H,7,11,13H2,1-2H3,(H,26,27). The quantitative estimate of drug-likeness (QED) is 0.584. The van der Waals surface area contributed by atoms with Crippen LogP contribution in [0.25, 0.3) is 0 Å². The van der Waals surface area contributed by atoms with Gasteiger partial charge in [-0.1, -0.05) is 42.5 Å². The van der Waals surface area contributed by atoms with Crippen molar-refractivity contribution in [3.8, 4) is 0 Å². The Bertz CT molecular complexity index is 907. The van der Waals surface area contributed by atoms with Crippen molar-refractivity contribution >= 4 is 17.3 Å². The van der Waals surface area contributed by atoms with Gasteiger partial charge in [-0.3, -0.25) is 9.78 Å². The van der Waals surface area contributed by atoms with E-state index in [0.717, 1.165) is 41.9 Å². The first-order chi connectivity index (χ1) is 13.1. The van der Waals surface area contributed by atoms with Gasteiger partial charge in [0, 0.05) is 24.6 Å². The molecular formula is C23H25N3O. The highest BCUT2D eigenvalue weighted by molar-refractivity contribution is 6.05. The van der Waals surface area contributed by atoms with Crippen LogP contribution in [0.4, 0.5) is 11.4 Å². The molecule has 0 spiro atoms. The summed E-state index contributed by atoms with van der Waals surface area (Å²) < 4.78 is 0. The summed E-state index contributed by atoms with van der Waals surface area (Å²) in [7, 11) is 0. The van der Waals surface area contributed by atoms with E-state index in [1.807, 2.05) is 44.2 Å². The number of hydrogen-bond donors (Lipinski definition) is 2. The summed E-state index contributed by atoms with van der Waals surface area (Å²) in [6.45, 7) is 4.87. The Morgan fingerprint density at radius 1 is 1.00 bits per heavy atom. The number of rotatable bonds is 7. The normalized spacial score (nSPS) is 10.4. The van der Waals surface area contributed by atoms with Crippen LogP contribution in [0.15, 0.2) is 67.0 Å². The molecule has 2 aromatic carbocycles. The molecule has 3 aromatic rings. The summed E-state index contributed by atoms with van der Waals surface area (Å²) >= 11 is 0. The number of nitrogens with one attached hydrogen (secondary N) is 2. The Kier molecular flexibility index (Phi) is 6.21. The van der Waals surface area contributed by atoms with Crippen LogP contribution >= 0.6 is 0 Å². The lowest BCUT2D eigenvalue weighted by atomic mass is 10.1. The van der Waals surface area contributed by atoms with Gasteiger partial charge in [0.1, 0.15) is 0 Å². The van der Waals surface area contributed by atoms with Crippen molar-refractivity contribution in [2.24, 2.45) is 0 Å². The van der Waals surface area contributed by atoms with Crippen molar-refractivity contribution in [3.05, 3.63) is 89.2 Å². The average Bonchev–Trinajstić information content (AvgIpc) is 2.70. The number of carbonyl (C=O) groups is 1. The molecule has 0 unspecified atom stereocenters. The number of hydrogen-bond acceptors (Lipinski definition) is 3. The molecule has 27 heavy (non-hydrogen) atoms. The molecule has 0 bridgehead atoms. The van der Waals surface area contributed by atoms with Gasteiger partial charge in [-0.05, 0) is 55.5 Å². The third-order valence-corrected chi connectivity index (χ3v) is 4.67. The molecule has 1 aromatic heterocycles. The highest BCUT2D eigenvalue weighted by Gasteiger charge is 2.09. The minimum atomic E-state index is -0.149. The van der Waals surface area contributed by atoms with Gasteiger partial charge >= 0.3 is 0 Å². The third kappa shape index (κ3) is 5.17. The first kappa shape index (κ1) is 18.6. The van der Waals surface area contributed by atoms with E-state index in [1.54, 1.807) is 12.4 Å². The topological polar surface area (TPSA) is 54.0 Å². The molecule has 0 fully saturated rings. The molecule has 0 aliphatic heterocycles.